The first kappa shape index (κ1) is 12.3. The fourth-order valence-corrected chi connectivity index (χ4v) is 1.52. The van der Waals surface area contributed by atoms with E-state index in [0.29, 0.717) is 13.1 Å². The number of amides is 1. The maximum atomic E-state index is 11.7. The van der Waals surface area contributed by atoms with Crippen LogP contribution in [0.15, 0.2) is 0 Å². The molecule has 1 rings (SSSR count). The van der Waals surface area contributed by atoms with E-state index in [4.69, 9.17) is 15.2 Å². The molecule has 2 atom stereocenters. The van der Waals surface area contributed by atoms with Crippen molar-refractivity contribution in [1.29, 1.82) is 0 Å². The Morgan fingerprint density at radius 1 is 1.40 bits per heavy atom. The molecule has 2 N–H and O–H groups in total. The first-order chi connectivity index (χ1) is 6.83. The van der Waals surface area contributed by atoms with Crippen LogP contribution in [0.5, 0.6) is 0 Å². The van der Waals surface area contributed by atoms with Crippen molar-refractivity contribution in [3.63, 3.8) is 0 Å². The van der Waals surface area contributed by atoms with Gasteiger partial charge in [0, 0.05) is 13.7 Å². The highest BCUT2D eigenvalue weighted by Crippen LogP contribution is 2.16. The van der Waals surface area contributed by atoms with Crippen molar-refractivity contribution in [3.05, 3.63) is 0 Å². The minimum Gasteiger partial charge on any atom is -0.444 e. The first-order valence-electron chi connectivity index (χ1n) is 5.10. The first-order valence-corrected chi connectivity index (χ1v) is 5.10. The number of likely N-dealkylation sites (tertiary alicyclic amines) is 1. The average molecular weight is 216 g/mol. The molecule has 1 unspecified atom stereocenters. The zero-order valence-corrected chi connectivity index (χ0v) is 9.82. The normalized spacial score (nSPS) is 26.9. The van der Waals surface area contributed by atoms with Crippen LogP contribution in [-0.4, -0.2) is 48.9 Å². The average Bonchev–Trinajstić information content (AvgIpc) is 2.43. The van der Waals surface area contributed by atoms with Crippen molar-refractivity contribution in [2.45, 2.75) is 38.5 Å². The smallest absolute Gasteiger partial charge is 0.410 e. The molecule has 0 spiro atoms. The maximum Gasteiger partial charge on any atom is 0.410 e. The van der Waals surface area contributed by atoms with E-state index >= 15 is 0 Å². The summed E-state index contributed by atoms with van der Waals surface area (Å²) in [7, 11) is 1.60. The molecule has 1 amide bonds. The van der Waals surface area contributed by atoms with Crippen LogP contribution in [0.25, 0.3) is 0 Å². The van der Waals surface area contributed by atoms with Crippen LogP contribution >= 0.6 is 0 Å². The minimum absolute atomic E-state index is 0.0856. The molecule has 88 valence electrons. The van der Waals surface area contributed by atoms with E-state index in [1.165, 1.54) is 0 Å². The third-order valence-corrected chi connectivity index (χ3v) is 2.26. The van der Waals surface area contributed by atoms with Gasteiger partial charge in [-0.2, -0.15) is 0 Å². The SMILES string of the molecule is COC1CN(C(=O)OC(C)(C)C)C[C@@H]1N. The monoisotopic (exact) mass is 216 g/mol. The second-order valence-electron chi connectivity index (χ2n) is 4.82. The third-order valence-electron chi connectivity index (χ3n) is 2.26. The Morgan fingerprint density at radius 3 is 2.40 bits per heavy atom. The molecule has 1 heterocycles. The molecule has 0 aliphatic carbocycles. The molecule has 0 aromatic rings. The molecule has 0 saturated carbocycles. The summed E-state index contributed by atoms with van der Waals surface area (Å²) in [6.07, 6.45) is -0.407. The van der Waals surface area contributed by atoms with Gasteiger partial charge >= 0.3 is 6.09 Å². The molecular weight excluding hydrogens is 196 g/mol. The molecule has 1 aliphatic heterocycles. The summed E-state index contributed by atoms with van der Waals surface area (Å²) in [6, 6.07) is -0.123. The number of carbonyl (C=O) groups is 1. The topological polar surface area (TPSA) is 64.8 Å². The van der Waals surface area contributed by atoms with Gasteiger partial charge in [0.15, 0.2) is 0 Å². The molecule has 0 bridgehead atoms. The van der Waals surface area contributed by atoms with Crippen molar-refractivity contribution >= 4 is 6.09 Å². The highest BCUT2D eigenvalue weighted by molar-refractivity contribution is 5.68. The maximum absolute atomic E-state index is 11.7. The molecule has 15 heavy (non-hydrogen) atoms. The largest absolute Gasteiger partial charge is 0.444 e. The zero-order chi connectivity index (χ0) is 11.6. The number of carbonyl (C=O) groups excluding carboxylic acids is 1. The standard InChI is InChI=1S/C10H20N2O3/c1-10(2,3)15-9(13)12-5-7(11)8(6-12)14-4/h7-8H,5-6,11H2,1-4H3/t7-,8?/m0/s1. The van der Waals surface area contributed by atoms with E-state index in [1.807, 2.05) is 20.8 Å². The molecule has 0 aromatic carbocycles. The highest BCUT2D eigenvalue weighted by Gasteiger charge is 2.35. The Labute approximate surface area is 90.5 Å². The third kappa shape index (κ3) is 3.35. The molecular formula is C10H20N2O3. The van der Waals surface area contributed by atoms with Crippen molar-refractivity contribution < 1.29 is 14.3 Å². The summed E-state index contributed by atoms with van der Waals surface area (Å²) in [5.74, 6) is 0. The van der Waals surface area contributed by atoms with Gasteiger partial charge in [0.1, 0.15) is 5.60 Å². The second kappa shape index (κ2) is 4.37. The van der Waals surface area contributed by atoms with Gasteiger partial charge in [-0.25, -0.2) is 4.79 Å². The molecule has 0 aromatic heterocycles. The Bertz CT molecular complexity index is 237. The summed E-state index contributed by atoms with van der Waals surface area (Å²) in [4.78, 5) is 13.2. The predicted octanol–water partition coefficient (Wildman–Crippen LogP) is 0.579. The lowest BCUT2D eigenvalue weighted by Crippen LogP contribution is -2.36. The van der Waals surface area contributed by atoms with E-state index in [1.54, 1.807) is 12.0 Å². The van der Waals surface area contributed by atoms with Gasteiger partial charge in [-0.15, -0.1) is 0 Å². The van der Waals surface area contributed by atoms with Crippen LogP contribution < -0.4 is 5.73 Å². The van der Waals surface area contributed by atoms with Gasteiger partial charge in [-0.1, -0.05) is 0 Å². The lowest BCUT2D eigenvalue weighted by Gasteiger charge is -2.24. The number of rotatable bonds is 1. The number of ether oxygens (including phenoxy) is 2. The number of methoxy groups -OCH3 is 1. The highest BCUT2D eigenvalue weighted by atomic mass is 16.6. The van der Waals surface area contributed by atoms with Gasteiger partial charge in [0.2, 0.25) is 0 Å². The van der Waals surface area contributed by atoms with Gasteiger partial charge < -0.3 is 20.1 Å². The summed E-state index contributed by atoms with van der Waals surface area (Å²) in [5.41, 5.74) is 5.34. The van der Waals surface area contributed by atoms with Gasteiger partial charge in [0.05, 0.1) is 18.7 Å². The van der Waals surface area contributed by atoms with Crippen LogP contribution in [0.1, 0.15) is 20.8 Å². The Morgan fingerprint density at radius 2 is 2.00 bits per heavy atom. The molecule has 1 aliphatic rings. The van der Waals surface area contributed by atoms with Crippen molar-refractivity contribution in [2.75, 3.05) is 20.2 Å². The van der Waals surface area contributed by atoms with Crippen LogP contribution in [0, 0.1) is 0 Å². The lowest BCUT2D eigenvalue weighted by molar-refractivity contribution is 0.0252. The van der Waals surface area contributed by atoms with E-state index < -0.39 is 5.60 Å². The Hall–Kier alpha value is -0.810. The van der Waals surface area contributed by atoms with Crippen molar-refractivity contribution in [1.82, 2.24) is 4.90 Å². The quantitative estimate of drug-likeness (QED) is 0.696. The van der Waals surface area contributed by atoms with Gasteiger partial charge in [0.25, 0.3) is 0 Å². The molecule has 0 radical (unpaired) electrons. The van der Waals surface area contributed by atoms with Crippen molar-refractivity contribution in [3.8, 4) is 0 Å². The fourth-order valence-electron chi connectivity index (χ4n) is 1.52. The fraction of sp³-hybridized carbons (Fsp3) is 0.900. The van der Waals surface area contributed by atoms with Crippen LogP contribution in [0.3, 0.4) is 0 Å². The predicted molar refractivity (Wildman–Crippen MR) is 56.6 cm³/mol. The van der Waals surface area contributed by atoms with E-state index in [2.05, 4.69) is 0 Å². The number of nitrogens with two attached hydrogens (primary N) is 1. The summed E-state index contributed by atoms with van der Waals surface area (Å²) in [5, 5.41) is 0. The number of hydrogen-bond donors (Lipinski definition) is 1. The number of nitrogens with zero attached hydrogens (tertiary/aromatic N) is 1. The molecule has 5 nitrogen and oxygen atoms in total. The van der Waals surface area contributed by atoms with Gasteiger partial charge in [-0.3, -0.25) is 0 Å². The van der Waals surface area contributed by atoms with Crippen LogP contribution in [0.4, 0.5) is 4.79 Å². The molecule has 5 heteroatoms. The lowest BCUT2D eigenvalue weighted by atomic mass is 10.2. The summed E-state index contributed by atoms with van der Waals surface area (Å²) < 4.78 is 10.4. The molecule has 1 saturated heterocycles. The Kier molecular flexibility index (Phi) is 3.57. The van der Waals surface area contributed by atoms with Gasteiger partial charge in [-0.05, 0) is 20.8 Å². The summed E-state index contributed by atoms with van der Waals surface area (Å²) >= 11 is 0. The zero-order valence-electron chi connectivity index (χ0n) is 9.82. The van der Waals surface area contributed by atoms with Crippen LogP contribution in [-0.2, 0) is 9.47 Å². The number of hydrogen-bond acceptors (Lipinski definition) is 4. The Balaban J connectivity index is 2.50. The summed E-state index contributed by atoms with van der Waals surface area (Å²) in [6.45, 7) is 6.53. The van der Waals surface area contributed by atoms with Crippen LogP contribution in [0.2, 0.25) is 0 Å². The van der Waals surface area contributed by atoms with E-state index in [9.17, 15) is 4.79 Å². The van der Waals surface area contributed by atoms with E-state index in [0.717, 1.165) is 0 Å². The van der Waals surface area contributed by atoms with Crippen molar-refractivity contribution in [2.24, 2.45) is 5.73 Å². The van der Waals surface area contributed by atoms with E-state index in [-0.39, 0.29) is 18.2 Å². The second-order valence-corrected chi connectivity index (χ2v) is 4.82. The minimum atomic E-state index is -0.466. The molecule has 1 fully saturated rings.